The van der Waals surface area contributed by atoms with E-state index >= 15 is 0 Å². The predicted molar refractivity (Wildman–Crippen MR) is 139 cm³/mol. The number of aliphatic imine (C=N–C) groups is 1. The van der Waals surface area contributed by atoms with Gasteiger partial charge in [-0.05, 0) is 54.7 Å². The zero-order valence-corrected chi connectivity index (χ0v) is 21.9. The average molecular weight is 573 g/mol. The van der Waals surface area contributed by atoms with Gasteiger partial charge in [0.1, 0.15) is 5.75 Å². The highest BCUT2D eigenvalue weighted by atomic mass is 127. The molecule has 2 aromatic carbocycles. The number of guanidine groups is 1. The molecule has 1 aliphatic rings. The summed E-state index contributed by atoms with van der Waals surface area (Å²) in [5.74, 6) is 1.56. The van der Waals surface area contributed by atoms with Crippen LogP contribution in [0.2, 0.25) is 0 Å². The summed E-state index contributed by atoms with van der Waals surface area (Å²) in [6.45, 7) is 2.54. The highest BCUT2D eigenvalue weighted by Gasteiger charge is 2.25. The van der Waals surface area contributed by atoms with E-state index < -0.39 is 10.0 Å². The van der Waals surface area contributed by atoms with Crippen molar-refractivity contribution in [2.45, 2.75) is 37.1 Å². The number of halogens is 1. The molecule has 176 valence electrons. The molecule has 9 heteroatoms. The average Bonchev–Trinajstić information content (AvgIpc) is 2.82. The first kappa shape index (κ1) is 26.4. The molecule has 0 saturated carbocycles. The van der Waals surface area contributed by atoms with Crippen LogP contribution >= 0.6 is 24.0 Å². The van der Waals surface area contributed by atoms with E-state index in [9.17, 15) is 8.42 Å². The maximum absolute atomic E-state index is 12.8. The number of methoxy groups -OCH3 is 1. The summed E-state index contributed by atoms with van der Waals surface area (Å²) < 4.78 is 32.3. The first-order valence-electron chi connectivity index (χ1n) is 10.7. The van der Waals surface area contributed by atoms with Crippen LogP contribution in [0.3, 0.4) is 0 Å². The Balaban J connectivity index is 0.00000363. The van der Waals surface area contributed by atoms with E-state index in [1.54, 1.807) is 30.6 Å². The van der Waals surface area contributed by atoms with Crippen molar-refractivity contribution >= 4 is 40.0 Å². The van der Waals surface area contributed by atoms with Gasteiger partial charge in [0.2, 0.25) is 10.0 Å². The molecule has 3 rings (SSSR count). The van der Waals surface area contributed by atoms with Crippen molar-refractivity contribution in [2.24, 2.45) is 4.99 Å². The van der Waals surface area contributed by atoms with Gasteiger partial charge in [0.15, 0.2) is 5.96 Å². The summed E-state index contributed by atoms with van der Waals surface area (Å²) in [7, 11) is 0.00464. The molecule has 0 radical (unpaired) electrons. The van der Waals surface area contributed by atoms with E-state index in [0.717, 1.165) is 43.5 Å². The summed E-state index contributed by atoms with van der Waals surface area (Å²) in [6.07, 6.45) is 3.84. The van der Waals surface area contributed by atoms with Crippen LogP contribution in [0.5, 0.6) is 5.75 Å². The number of nitrogens with one attached hydrogen (secondary N) is 2. The number of piperidine rings is 1. The van der Waals surface area contributed by atoms with Gasteiger partial charge >= 0.3 is 0 Å². The molecule has 1 aliphatic heterocycles. The summed E-state index contributed by atoms with van der Waals surface area (Å²) in [6, 6.07) is 15.1. The van der Waals surface area contributed by atoms with Crippen LogP contribution in [0, 0.1) is 0 Å². The Morgan fingerprint density at radius 2 is 1.59 bits per heavy atom. The Labute approximate surface area is 208 Å². The third kappa shape index (κ3) is 7.35. The minimum atomic E-state index is -3.39. The third-order valence-electron chi connectivity index (χ3n) is 5.42. The van der Waals surface area contributed by atoms with Crippen molar-refractivity contribution in [3.8, 4) is 5.75 Å². The minimum Gasteiger partial charge on any atom is -0.497 e. The van der Waals surface area contributed by atoms with E-state index in [0.29, 0.717) is 30.5 Å². The summed E-state index contributed by atoms with van der Waals surface area (Å²) in [4.78, 5) is 4.61. The molecule has 0 aromatic heterocycles. The van der Waals surface area contributed by atoms with Gasteiger partial charge < -0.3 is 15.4 Å². The molecule has 32 heavy (non-hydrogen) atoms. The first-order valence-corrected chi connectivity index (χ1v) is 12.1. The number of ether oxygens (including phenoxy) is 1. The normalized spacial score (nSPS) is 15.0. The standard InChI is InChI=1S/C23H32N4O3S.HI/c1-24-23(25-15-14-19-6-10-21(30-2)11-7-19)26-18-20-8-12-22(13-9-20)31(28,29)27-16-4-3-5-17-27;/h6-13H,3-5,14-18H2,1-2H3,(H2,24,25,26);1H. The highest BCUT2D eigenvalue weighted by molar-refractivity contribution is 14.0. The third-order valence-corrected chi connectivity index (χ3v) is 7.34. The molecule has 1 fully saturated rings. The molecule has 0 amide bonds. The number of benzene rings is 2. The van der Waals surface area contributed by atoms with Gasteiger partial charge in [-0.25, -0.2) is 8.42 Å². The Morgan fingerprint density at radius 1 is 0.969 bits per heavy atom. The van der Waals surface area contributed by atoms with Crippen LogP contribution in [0.25, 0.3) is 0 Å². The molecule has 0 unspecified atom stereocenters. The summed E-state index contributed by atoms with van der Waals surface area (Å²) in [5.41, 5.74) is 2.21. The monoisotopic (exact) mass is 572 g/mol. The fourth-order valence-electron chi connectivity index (χ4n) is 3.56. The fraction of sp³-hybridized carbons (Fsp3) is 0.435. The molecule has 7 nitrogen and oxygen atoms in total. The number of hydrogen-bond acceptors (Lipinski definition) is 4. The molecule has 1 heterocycles. The Kier molecular flexibility index (Phi) is 10.7. The molecule has 2 N–H and O–H groups in total. The summed E-state index contributed by atoms with van der Waals surface area (Å²) in [5, 5.41) is 6.57. The number of hydrogen-bond donors (Lipinski definition) is 2. The zero-order valence-electron chi connectivity index (χ0n) is 18.7. The van der Waals surface area contributed by atoms with Gasteiger partial charge in [0, 0.05) is 33.2 Å². The van der Waals surface area contributed by atoms with Gasteiger partial charge in [0.05, 0.1) is 12.0 Å². The lowest BCUT2D eigenvalue weighted by atomic mass is 10.1. The lowest BCUT2D eigenvalue weighted by Crippen LogP contribution is -2.37. The van der Waals surface area contributed by atoms with Gasteiger partial charge in [-0.1, -0.05) is 30.7 Å². The van der Waals surface area contributed by atoms with Gasteiger partial charge in [0.25, 0.3) is 0 Å². The van der Waals surface area contributed by atoms with Gasteiger partial charge in [-0.15, -0.1) is 24.0 Å². The fourth-order valence-corrected chi connectivity index (χ4v) is 5.07. The Bertz CT molecular complexity index is 958. The first-order chi connectivity index (χ1) is 15.0. The van der Waals surface area contributed by atoms with E-state index in [4.69, 9.17) is 4.74 Å². The molecular formula is C23H33IN4O3S. The maximum Gasteiger partial charge on any atom is 0.243 e. The second-order valence-corrected chi connectivity index (χ2v) is 9.50. The lowest BCUT2D eigenvalue weighted by molar-refractivity contribution is 0.346. The second-order valence-electron chi connectivity index (χ2n) is 7.56. The van der Waals surface area contributed by atoms with Crippen LogP contribution in [0.1, 0.15) is 30.4 Å². The molecule has 2 aromatic rings. The van der Waals surface area contributed by atoms with Gasteiger partial charge in [-0.2, -0.15) is 4.31 Å². The van der Waals surface area contributed by atoms with Crippen molar-refractivity contribution in [1.29, 1.82) is 0 Å². The van der Waals surface area contributed by atoms with E-state index in [-0.39, 0.29) is 24.0 Å². The van der Waals surface area contributed by atoms with Crippen molar-refractivity contribution in [1.82, 2.24) is 14.9 Å². The molecule has 0 aliphatic carbocycles. The van der Waals surface area contributed by atoms with Crippen molar-refractivity contribution in [3.05, 3.63) is 59.7 Å². The molecule has 0 bridgehead atoms. The highest BCUT2D eigenvalue weighted by Crippen LogP contribution is 2.20. The van der Waals surface area contributed by atoms with Crippen molar-refractivity contribution in [2.75, 3.05) is 33.8 Å². The molecule has 0 spiro atoms. The van der Waals surface area contributed by atoms with E-state index in [1.165, 1.54) is 5.56 Å². The largest absolute Gasteiger partial charge is 0.497 e. The lowest BCUT2D eigenvalue weighted by Gasteiger charge is -2.25. The van der Waals surface area contributed by atoms with Crippen LogP contribution in [-0.2, 0) is 23.0 Å². The van der Waals surface area contributed by atoms with Crippen molar-refractivity contribution < 1.29 is 13.2 Å². The number of sulfonamides is 1. The van der Waals surface area contributed by atoms with Crippen LogP contribution < -0.4 is 15.4 Å². The van der Waals surface area contributed by atoms with Crippen LogP contribution in [-0.4, -0.2) is 52.5 Å². The Morgan fingerprint density at radius 3 is 2.19 bits per heavy atom. The van der Waals surface area contributed by atoms with Crippen LogP contribution in [0.4, 0.5) is 0 Å². The second kappa shape index (κ2) is 13.0. The number of nitrogens with zero attached hydrogens (tertiary/aromatic N) is 2. The van der Waals surface area contributed by atoms with Crippen LogP contribution in [0.15, 0.2) is 58.4 Å². The maximum atomic E-state index is 12.8. The predicted octanol–water partition coefficient (Wildman–Crippen LogP) is 3.40. The van der Waals surface area contributed by atoms with E-state index in [1.807, 2.05) is 24.3 Å². The van der Waals surface area contributed by atoms with Crippen molar-refractivity contribution in [3.63, 3.8) is 0 Å². The SMILES string of the molecule is CN=C(NCCc1ccc(OC)cc1)NCc1ccc(S(=O)(=O)N2CCCCC2)cc1.I. The smallest absolute Gasteiger partial charge is 0.243 e. The molecular weight excluding hydrogens is 539 g/mol. The topological polar surface area (TPSA) is 83.0 Å². The number of rotatable bonds is 8. The van der Waals surface area contributed by atoms with Gasteiger partial charge in [-0.3, -0.25) is 4.99 Å². The molecule has 1 saturated heterocycles. The zero-order chi connectivity index (χ0) is 22.1. The quantitative estimate of drug-likeness (QED) is 0.288. The minimum absolute atomic E-state index is 0. The summed E-state index contributed by atoms with van der Waals surface area (Å²) >= 11 is 0. The Hall–Kier alpha value is -1.85. The molecule has 0 atom stereocenters. The van der Waals surface area contributed by atoms with E-state index in [2.05, 4.69) is 27.8 Å².